The lowest BCUT2D eigenvalue weighted by Gasteiger charge is -2.16. The molecule has 0 saturated heterocycles. The number of amides is 1. The van der Waals surface area contributed by atoms with Crippen molar-refractivity contribution in [2.24, 2.45) is 0 Å². The first kappa shape index (κ1) is 19.0. The Hall–Kier alpha value is -2.34. The second kappa shape index (κ2) is 7.27. The van der Waals surface area contributed by atoms with Gasteiger partial charge in [0.15, 0.2) is 0 Å². The zero-order valence-corrected chi connectivity index (χ0v) is 16.0. The third-order valence-electron chi connectivity index (χ3n) is 4.17. The standard InChI is InChI=1S/C19H24N2O3S/c1-12-6-8-16(10-14(12)3)15(4)20-19(22)17-9-7-13(2)18(11-17)21-25(5,23)24/h6-11,15,21H,1-5H3,(H,20,22). The molecule has 134 valence electrons. The Balaban J connectivity index is 2.20. The monoisotopic (exact) mass is 360 g/mol. The van der Waals surface area contributed by atoms with Crippen LogP contribution in [0.1, 0.15) is 45.6 Å². The lowest BCUT2D eigenvalue weighted by Crippen LogP contribution is -2.27. The van der Waals surface area contributed by atoms with Crippen LogP contribution >= 0.6 is 0 Å². The van der Waals surface area contributed by atoms with E-state index >= 15 is 0 Å². The molecule has 0 fully saturated rings. The van der Waals surface area contributed by atoms with Crippen molar-refractivity contribution in [3.05, 3.63) is 64.2 Å². The Kier molecular flexibility index (Phi) is 5.52. The van der Waals surface area contributed by atoms with Gasteiger partial charge in [-0.2, -0.15) is 0 Å². The minimum Gasteiger partial charge on any atom is -0.346 e. The maximum Gasteiger partial charge on any atom is 0.251 e. The summed E-state index contributed by atoms with van der Waals surface area (Å²) in [6.07, 6.45) is 1.08. The van der Waals surface area contributed by atoms with Crippen LogP contribution in [-0.2, 0) is 10.0 Å². The predicted octanol–water partition coefficient (Wildman–Crippen LogP) is 3.47. The first-order valence-electron chi connectivity index (χ1n) is 8.03. The van der Waals surface area contributed by atoms with Crippen molar-refractivity contribution in [1.29, 1.82) is 0 Å². The van der Waals surface area contributed by atoms with Crippen LogP contribution < -0.4 is 10.0 Å². The number of nitrogens with one attached hydrogen (secondary N) is 2. The molecule has 2 aromatic rings. The molecule has 0 radical (unpaired) electrons. The summed E-state index contributed by atoms with van der Waals surface area (Å²) in [6, 6.07) is 10.9. The van der Waals surface area contributed by atoms with E-state index in [0.29, 0.717) is 11.3 Å². The summed E-state index contributed by atoms with van der Waals surface area (Å²) >= 11 is 0. The van der Waals surface area contributed by atoms with Gasteiger partial charge in [0.2, 0.25) is 10.0 Å². The van der Waals surface area contributed by atoms with Gasteiger partial charge in [-0.05, 0) is 62.1 Å². The summed E-state index contributed by atoms with van der Waals surface area (Å²) < 4.78 is 25.3. The normalized spacial score (nSPS) is 12.5. The summed E-state index contributed by atoms with van der Waals surface area (Å²) in [4.78, 5) is 12.5. The number of aryl methyl sites for hydroxylation is 3. The molecule has 2 N–H and O–H groups in total. The molecule has 0 aliphatic heterocycles. The summed E-state index contributed by atoms with van der Waals surface area (Å²) in [5, 5.41) is 2.95. The van der Waals surface area contributed by atoms with Gasteiger partial charge in [0.25, 0.3) is 5.91 Å². The fourth-order valence-corrected chi connectivity index (χ4v) is 3.09. The lowest BCUT2D eigenvalue weighted by atomic mass is 10.0. The predicted molar refractivity (Wildman–Crippen MR) is 101 cm³/mol. The van der Waals surface area contributed by atoms with Crippen molar-refractivity contribution in [1.82, 2.24) is 5.32 Å². The molecule has 0 bridgehead atoms. The molecule has 1 atom stereocenters. The SMILES string of the molecule is Cc1ccc(C(C)NC(=O)c2ccc(C)c(NS(C)(=O)=O)c2)cc1C. The highest BCUT2D eigenvalue weighted by Gasteiger charge is 2.14. The van der Waals surface area contributed by atoms with Crippen molar-refractivity contribution < 1.29 is 13.2 Å². The van der Waals surface area contributed by atoms with Gasteiger partial charge in [0, 0.05) is 5.56 Å². The maximum atomic E-state index is 12.5. The quantitative estimate of drug-likeness (QED) is 0.857. The van der Waals surface area contributed by atoms with Crippen LogP contribution in [0.2, 0.25) is 0 Å². The zero-order chi connectivity index (χ0) is 18.8. The van der Waals surface area contributed by atoms with Gasteiger partial charge >= 0.3 is 0 Å². The van der Waals surface area contributed by atoms with E-state index in [2.05, 4.69) is 16.1 Å². The van der Waals surface area contributed by atoms with Gasteiger partial charge < -0.3 is 5.32 Å². The van der Waals surface area contributed by atoms with Crippen LogP contribution in [0, 0.1) is 20.8 Å². The highest BCUT2D eigenvalue weighted by molar-refractivity contribution is 7.92. The van der Waals surface area contributed by atoms with Crippen LogP contribution in [-0.4, -0.2) is 20.6 Å². The van der Waals surface area contributed by atoms with E-state index in [1.165, 1.54) is 11.1 Å². The summed E-state index contributed by atoms with van der Waals surface area (Å²) in [6.45, 7) is 7.79. The van der Waals surface area contributed by atoms with E-state index in [0.717, 1.165) is 17.4 Å². The van der Waals surface area contributed by atoms with E-state index in [9.17, 15) is 13.2 Å². The number of carbonyl (C=O) groups excluding carboxylic acids is 1. The van der Waals surface area contributed by atoms with E-state index in [1.807, 2.05) is 32.9 Å². The fourth-order valence-electron chi connectivity index (χ4n) is 2.47. The molecule has 0 aliphatic carbocycles. The molecule has 5 nitrogen and oxygen atoms in total. The number of benzene rings is 2. The molecular formula is C19H24N2O3S. The number of hydrogen-bond donors (Lipinski definition) is 2. The molecular weight excluding hydrogens is 336 g/mol. The van der Waals surface area contributed by atoms with Gasteiger partial charge in [-0.25, -0.2) is 8.42 Å². The average molecular weight is 360 g/mol. The Labute approximate surface area is 149 Å². The van der Waals surface area contributed by atoms with Gasteiger partial charge in [-0.15, -0.1) is 0 Å². The molecule has 1 unspecified atom stereocenters. The molecule has 2 aromatic carbocycles. The molecule has 0 heterocycles. The summed E-state index contributed by atoms with van der Waals surface area (Å²) in [5.41, 5.74) is 4.98. The van der Waals surface area contributed by atoms with E-state index in [1.54, 1.807) is 25.1 Å². The van der Waals surface area contributed by atoms with Gasteiger partial charge in [-0.1, -0.05) is 24.3 Å². The zero-order valence-electron chi connectivity index (χ0n) is 15.2. The molecule has 1 amide bonds. The average Bonchev–Trinajstić information content (AvgIpc) is 2.50. The molecule has 0 spiro atoms. The molecule has 0 aromatic heterocycles. The molecule has 0 saturated carbocycles. The third kappa shape index (κ3) is 5.06. The topological polar surface area (TPSA) is 75.3 Å². The fraction of sp³-hybridized carbons (Fsp3) is 0.316. The van der Waals surface area contributed by atoms with E-state index < -0.39 is 10.0 Å². The first-order chi connectivity index (χ1) is 11.6. The van der Waals surface area contributed by atoms with Gasteiger partial charge in [0.05, 0.1) is 18.0 Å². The number of sulfonamides is 1. The lowest BCUT2D eigenvalue weighted by molar-refractivity contribution is 0.0940. The Morgan fingerprint density at radius 1 is 0.960 bits per heavy atom. The van der Waals surface area contributed by atoms with Crippen molar-refractivity contribution in [2.75, 3.05) is 11.0 Å². The Bertz CT molecular complexity index is 905. The summed E-state index contributed by atoms with van der Waals surface area (Å²) in [5.74, 6) is -0.248. The number of hydrogen-bond acceptors (Lipinski definition) is 3. The van der Waals surface area contributed by atoms with Crippen LogP contribution in [0.4, 0.5) is 5.69 Å². The molecule has 25 heavy (non-hydrogen) atoms. The minimum atomic E-state index is -3.40. The van der Waals surface area contributed by atoms with Crippen molar-refractivity contribution in [2.45, 2.75) is 33.7 Å². The van der Waals surface area contributed by atoms with Gasteiger partial charge in [0.1, 0.15) is 0 Å². The minimum absolute atomic E-state index is 0.153. The Morgan fingerprint density at radius 2 is 1.60 bits per heavy atom. The van der Waals surface area contributed by atoms with Crippen molar-refractivity contribution in [3.8, 4) is 0 Å². The molecule has 2 rings (SSSR count). The van der Waals surface area contributed by atoms with Crippen LogP contribution in [0.15, 0.2) is 36.4 Å². The largest absolute Gasteiger partial charge is 0.346 e. The van der Waals surface area contributed by atoms with Crippen molar-refractivity contribution >= 4 is 21.6 Å². The highest BCUT2D eigenvalue weighted by Crippen LogP contribution is 2.20. The smallest absolute Gasteiger partial charge is 0.251 e. The number of rotatable bonds is 5. The van der Waals surface area contributed by atoms with Crippen molar-refractivity contribution in [3.63, 3.8) is 0 Å². The number of carbonyl (C=O) groups is 1. The van der Waals surface area contributed by atoms with Crippen LogP contribution in [0.3, 0.4) is 0 Å². The first-order valence-corrected chi connectivity index (χ1v) is 9.92. The Morgan fingerprint density at radius 3 is 2.20 bits per heavy atom. The van der Waals surface area contributed by atoms with Crippen LogP contribution in [0.25, 0.3) is 0 Å². The molecule has 6 heteroatoms. The molecule has 0 aliphatic rings. The van der Waals surface area contributed by atoms with E-state index in [-0.39, 0.29) is 11.9 Å². The number of anilines is 1. The van der Waals surface area contributed by atoms with Gasteiger partial charge in [-0.3, -0.25) is 9.52 Å². The summed E-state index contributed by atoms with van der Waals surface area (Å²) in [7, 11) is -3.40. The van der Waals surface area contributed by atoms with Crippen LogP contribution in [0.5, 0.6) is 0 Å². The second-order valence-corrected chi connectivity index (χ2v) is 8.19. The maximum absolute atomic E-state index is 12.5. The van der Waals surface area contributed by atoms with E-state index in [4.69, 9.17) is 0 Å². The highest BCUT2D eigenvalue weighted by atomic mass is 32.2. The third-order valence-corrected chi connectivity index (χ3v) is 4.76. The second-order valence-electron chi connectivity index (χ2n) is 6.44.